The fourth-order valence-electron chi connectivity index (χ4n) is 3.90. The predicted octanol–water partition coefficient (Wildman–Crippen LogP) is 6.64. The van der Waals surface area contributed by atoms with E-state index in [1.54, 1.807) is 6.07 Å². The van der Waals surface area contributed by atoms with E-state index in [2.05, 4.69) is 48.1 Å². The van der Waals surface area contributed by atoms with Crippen molar-refractivity contribution in [3.8, 4) is 5.69 Å². The van der Waals surface area contributed by atoms with Crippen LogP contribution in [0.25, 0.3) is 5.69 Å². The van der Waals surface area contributed by atoms with Crippen LogP contribution in [0.2, 0.25) is 10.0 Å². The third-order valence-electron chi connectivity index (χ3n) is 5.37. The van der Waals surface area contributed by atoms with E-state index in [4.69, 9.17) is 28.3 Å². The quantitative estimate of drug-likeness (QED) is 0.519. The first kappa shape index (κ1) is 19.4. The first-order valence-electron chi connectivity index (χ1n) is 9.92. The van der Waals surface area contributed by atoms with Crippen LogP contribution in [0.3, 0.4) is 0 Å². The number of aromatic nitrogens is 2. The SMILES string of the molecule is CC(C)c1ccccc1-n1nc(Cc2ccc(Cl)cc2Cl)c2c1NCCCC2. The van der Waals surface area contributed by atoms with Crippen LogP contribution in [0.1, 0.15) is 55.0 Å². The van der Waals surface area contributed by atoms with Crippen molar-refractivity contribution in [3.05, 3.63) is 74.9 Å². The average molecular weight is 414 g/mol. The third-order valence-corrected chi connectivity index (χ3v) is 5.96. The summed E-state index contributed by atoms with van der Waals surface area (Å²) >= 11 is 12.5. The molecule has 1 aromatic heterocycles. The monoisotopic (exact) mass is 413 g/mol. The summed E-state index contributed by atoms with van der Waals surface area (Å²) in [4.78, 5) is 0. The normalized spacial score (nSPS) is 13.9. The molecule has 1 aliphatic heterocycles. The van der Waals surface area contributed by atoms with E-state index in [0.29, 0.717) is 22.4 Å². The van der Waals surface area contributed by atoms with Crippen molar-refractivity contribution in [1.29, 1.82) is 0 Å². The number of nitrogens with zero attached hydrogens (tertiary/aromatic N) is 2. The highest BCUT2D eigenvalue weighted by Gasteiger charge is 2.22. The zero-order chi connectivity index (χ0) is 19.7. The maximum Gasteiger partial charge on any atom is 0.133 e. The van der Waals surface area contributed by atoms with Crippen molar-refractivity contribution < 1.29 is 0 Å². The number of benzene rings is 2. The maximum atomic E-state index is 6.45. The minimum atomic E-state index is 0.427. The van der Waals surface area contributed by atoms with E-state index in [9.17, 15) is 0 Å². The lowest BCUT2D eigenvalue weighted by atomic mass is 10.0. The molecule has 0 amide bonds. The molecule has 0 saturated heterocycles. The molecule has 146 valence electrons. The van der Waals surface area contributed by atoms with Gasteiger partial charge in [0.25, 0.3) is 0 Å². The summed E-state index contributed by atoms with van der Waals surface area (Å²) in [5, 5.41) is 10.1. The van der Waals surface area contributed by atoms with Gasteiger partial charge in [0.05, 0.1) is 11.4 Å². The molecule has 1 N–H and O–H groups in total. The van der Waals surface area contributed by atoms with Gasteiger partial charge in [0.15, 0.2) is 0 Å². The van der Waals surface area contributed by atoms with Gasteiger partial charge in [-0.2, -0.15) is 5.10 Å². The Kier molecular flexibility index (Phi) is 5.65. The predicted molar refractivity (Wildman–Crippen MR) is 118 cm³/mol. The molecule has 5 heteroatoms. The Morgan fingerprint density at radius 2 is 1.93 bits per heavy atom. The fourth-order valence-corrected chi connectivity index (χ4v) is 4.38. The van der Waals surface area contributed by atoms with Gasteiger partial charge in [0.2, 0.25) is 0 Å². The van der Waals surface area contributed by atoms with Gasteiger partial charge >= 0.3 is 0 Å². The molecule has 0 spiro atoms. The summed E-state index contributed by atoms with van der Waals surface area (Å²) in [7, 11) is 0. The highest BCUT2D eigenvalue weighted by molar-refractivity contribution is 6.35. The largest absolute Gasteiger partial charge is 0.370 e. The van der Waals surface area contributed by atoms with E-state index >= 15 is 0 Å². The molecule has 0 fully saturated rings. The van der Waals surface area contributed by atoms with Gasteiger partial charge in [-0.3, -0.25) is 0 Å². The lowest BCUT2D eigenvalue weighted by Crippen LogP contribution is -2.09. The Balaban J connectivity index is 1.83. The lowest BCUT2D eigenvalue weighted by molar-refractivity contribution is 0.762. The van der Waals surface area contributed by atoms with Crippen LogP contribution >= 0.6 is 23.2 Å². The number of para-hydroxylation sites is 1. The molecule has 3 aromatic rings. The summed E-state index contributed by atoms with van der Waals surface area (Å²) in [6.45, 7) is 5.43. The maximum absolute atomic E-state index is 6.45. The summed E-state index contributed by atoms with van der Waals surface area (Å²) in [5.41, 5.74) is 5.90. The Hall–Kier alpha value is -1.97. The second-order valence-electron chi connectivity index (χ2n) is 7.70. The number of hydrogen-bond donors (Lipinski definition) is 1. The fraction of sp³-hybridized carbons (Fsp3) is 0.348. The van der Waals surface area contributed by atoms with E-state index < -0.39 is 0 Å². The Bertz CT molecular complexity index is 992. The van der Waals surface area contributed by atoms with Gasteiger partial charge in [0, 0.05) is 28.6 Å². The summed E-state index contributed by atoms with van der Waals surface area (Å²) in [6.07, 6.45) is 4.07. The Labute approximate surface area is 176 Å². The molecule has 28 heavy (non-hydrogen) atoms. The first-order chi connectivity index (χ1) is 13.5. The van der Waals surface area contributed by atoms with Crippen molar-refractivity contribution in [3.63, 3.8) is 0 Å². The van der Waals surface area contributed by atoms with Gasteiger partial charge < -0.3 is 5.32 Å². The second-order valence-corrected chi connectivity index (χ2v) is 8.54. The average Bonchev–Trinajstić information content (AvgIpc) is 2.85. The van der Waals surface area contributed by atoms with Crippen LogP contribution in [0.5, 0.6) is 0 Å². The van der Waals surface area contributed by atoms with Crippen LogP contribution in [0, 0.1) is 0 Å². The van der Waals surface area contributed by atoms with Gasteiger partial charge in [0.1, 0.15) is 5.82 Å². The molecular formula is C23H25Cl2N3. The van der Waals surface area contributed by atoms with Gasteiger partial charge in [-0.1, -0.05) is 61.3 Å². The molecule has 2 aromatic carbocycles. The summed E-state index contributed by atoms with van der Waals surface area (Å²) < 4.78 is 2.11. The molecule has 0 radical (unpaired) electrons. The number of fused-ring (bicyclic) bond motifs is 1. The molecule has 4 rings (SSSR count). The molecule has 1 aliphatic rings. The molecule has 0 bridgehead atoms. The zero-order valence-corrected chi connectivity index (χ0v) is 17.8. The number of nitrogens with one attached hydrogen (secondary N) is 1. The van der Waals surface area contributed by atoms with Crippen molar-refractivity contribution in [2.45, 2.75) is 45.4 Å². The van der Waals surface area contributed by atoms with Crippen LogP contribution in [0.4, 0.5) is 5.82 Å². The number of rotatable bonds is 4. The number of hydrogen-bond acceptors (Lipinski definition) is 2. The summed E-state index contributed by atoms with van der Waals surface area (Å²) in [6, 6.07) is 14.2. The van der Waals surface area contributed by atoms with E-state index in [0.717, 1.165) is 35.7 Å². The molecule has 3 nitrogen and oxygen atoms in total. The molecule has 0 aliphatic carbocycles. The molecular weight excluding hydrogens is 389 g/mol. The third kappa shape index (κ3) is 3.78. The zero-order valence-electron chi connectivity index (χ0n) is 16.3. The minimum Gasteiger partial charge on any atom is -0.370 e. The Morgan fingerprint density at radius 3 is 2.71 bits per heavy atom. The topological polar surface area (TPSA) is 29.9 Å². The van der Waals surface area contributed by atoms with Crippen LogP contribution in [0.15, 0.2) is 42.5 Å². The van der Waals surface area contributed by atoms with Crippen molar-refractivity contribution in [2.75, 3.05) is 11.9 Å². The Morgan fingerprint density at radius 1 is 1.11 bits per heavy atom. The first-order valence-corrected chi connectivity index (χ1v) is 10.7. The van der Waals surface area contributed by atoms with Gasteiger partial charge in [-0.05, 0) is 54.5 Å². The van der Waals surface area contributed by atoms with E-state index in [1.165, 1.54) is 24.0 Å². The van der Waals surface area contributed by atoms with E-state index in [1.807, 2.05) is 12.1 Å². The van der Waals surface area contributed by atoms with Crippen LogP contribution in [-0.4, -0.2) is 16.3 Å². The lowest BCUT2D eigenvalue weighted by Gasteiger charge is -2.15. The number of anilines is 1. The van der Waals surface area contributed by atoms with Gasteiger partial charge in [-0.25, -0.2) is 4.68 Å². The number of halogens is 2. The van der Waals surface area contributed by atoms with Crippen LogP contribution < -0.4 is 5.32 Å². The molecule has 0 saturated carbocycles. The van der Waals surface area contributed by atoms with Crippen molar-refractivity contribution >= 4 is 29.0 Å². The highest BCUT2D eigenvalue weighted by Crippen LogP contribution is 2.33. The molecule has 2 heterocycles. The minimum absolute atomic E-state index is 0.427. The summed E-state index contributed by atoms with van der Waals surface area (Å²) in [5.74, 6) is 1.56. The smallest absolute Gasteiger partial charge is 0.133 e. The van der Waals surface area contributed by atoms with Crippen molar-refractivity contribution in [1.82, 2.24) is 9.78 Å². The van der Waals surface area contributed by atoms with Crippen molar-refractivity contribution in [2.24, 2.45) is 0 Å². The standard InChI is InChI=1S/C23H25Cl2N3/c1-15(2)18-7-3-4-9-22(18)28-23-19(8-5-6-12-26-23)21(27-28)13-16-10-11-17(24)14-20(16)25/h3-4,7,9-11,14-15,26H,5-6,8,12-13H2,1-2H3. The molecule has 0 unspecified atom stereocenters. The van der Waals surface area contributed by atoms with Crippen LogP contribution in [-0.2, 0) is 12.8 Å². The van der Waals surface area contributed by atoms with Gasteiger partial charge in [-0.15, -0.1) is 0 Å². The second kappa shape index (κ2) is 8.18. The molecule has 0 atom stereocenters. The van der Waals surface area contributed by atoms with E-state index in [-0.39, 0.29) is 0 Å². The highest BCUT2D eigenvalue weighted by atomic mass is 35.5.